The molecule has 0 aromatic rings. The lowest BCUT2D eigenvalue weighted by Gasteiger charge is -2.14. The van der Waals surface area contributed by atoms with Gasteiger partial charge in [-0.1, -0.05) is 26.0 Å². The van der Waals surface area contributed by atoms with Gasteiger partial charge >= 0.3 is 0 Å². The molecule has 0 aliphatic rings. The Hall–Kier alpha value is -0.830. The van der Waals surface area contributed by atoms with E-state index in [0.717, 1.165) is 5.57 Å². The summed E-state index contributed by atoms with van der Waals surface area (Å²) in [7, 11) is 0. The van der Waals surface area contributed by atoms with Crippen LogP contribution in [0.1, 0.15) is 20.8 Å². The first kappa shape index (κ1) is 11.2. The zero-order valence-corrected chi connectivity index (χ0v) is 8.05. The zero-order chi connectivity index (χ0) is 9.72. The summed E-state index contributed by atoms with van der Waals surface area (Å²) in [6.07, 6.45) is 0. The van der Waals surface area contributed by atoms with Gasteiger partial charge in [0.25, 0.3) is 0 Å². The van der Waals surface area contributed by atoms with Gasteiger partial charge in [0.15, 0.2) is 0 Å². The minimum atomic E-state index is -0.413. The van der Waals surface area contributed by atoms with Crippen LogP contribution < -0.4 is 11.1 Å². The van der Waals surface area contributed by atoms with Crippen molar-refractivity contribution in [1.29, 1.82) is 0 Å². The van der Waals surface area contributed by atoms with Crippen LogP contribution in [0.3, 0.4) is 0 Å². The third kappa shape index (κ3) is 4.13. The van der Waals surface area contributed by atoms with E-state index >= 15 is 0 Å². The Morgan fingerprint density at radius 1 is 1.58 bits per heavy atom. The Bertz CT molecular complexity index is 175. The quantitative estimate of drug-likeness (QED) is 0.609. The molecule has 1 atom stereocenters. The molecule has 12 heavy (non-hydrogen) atoms. The zero-order valence-electron chi connectivity index (χ0n) is 8.05. The fraction of sp³-hybridized carbons (Fsp3) is 0.667. The van der Waals surface area contributed by atoms with Gasteiger partial charge in [0, 0.05) is 6.54 Å². The Kier molecular flexibility index (Phi) is 4.59. The first-order valence-corrected chi connectivity index (χ1v) is 4.12. The van der Waals surface area contributed by atoms with Crippen LogP contribution in [-0.2, 0) is 4.79 Å². The second-order valence-electron chi connectivity index (χ2n) is 3.44. The maximum absolute atomic E-state index is 11.2. The van der Waals surface area contributed by atoms with Gasteiger partial charge in [-0.15, -0.1) is 0 Å². The molecule has 0 radical (unpaired) electrons. The minimum Gasteiger partial charge on any atom is -0.351 e. The first-order chi connectivity index (χ1) is 5.45. The molecule has 3 N–H and O–H groups in total. The van der Waals surface area contributed by atoms with Crippen LogP contribution in [0.5, 0.6) is 0 Å². The summed E-state index contributed by atoms with van der Waals surface area (Å²) in [5.41, 5.74) is 6.53. The van der Waals surface area contributed by atoms with Crippen molar-refractivity contribution < 1.29 is 4.79 Å². The standard InChI is InChI=1S/C9H18N2O/c1-6(2)5-11-9(12)8(10)7(3)4/h7-8H,1,5,10H2,2-4H3,(H,11,12). The van der Waals surface area contributed by atoms with Crippen LogP contribution in [-0.4, -0.2) is 18.5 Å². The number of carbonyl (C=O) groups is 1. The van der Waals surface area contributed by atoms with Gasteiger partial charge in [0.05, 0.1) is 6.04 Å². The van der Waals surface area contributed by atoms with Crippen molar-refractivity contribution in [3.8, 4) is 0 Å². The summed E-state index contributed by atoms with van der Waals surface area (Å²) in [4.78, 5) is 11.2. The molecule has 1 unspecified atom stereocenters. The molecule has 0 spiro atoms. The molecular formula is C9H18N2O. The average molecular weight is 170 g/mol. The van der Waals surface area contributed by atoms with Gasteiger partial charge in [0.1, 0.15) is 0 Å². The Morgan fingerprint density at radius 2 is 2.08 bits per heavy atom. The highest BCUT2D eigenvalue weighted by Gasteiger charge is 2.15. The molecule has 1 amide bonds. The highest BCUT2D eigenvalue weighted by Crippen LogP contribution is 1.97. The van der Waals surface area contributed by atoms with E-state index in [1.807, 2.05) is 20.8 Å². The third-order valence-electron chi connectivity index (χ3n) is 1.59. The van der Waals surface area contributed by atoms with Gasteiger partial charge in [-0.25, -0.2) is 0 Å². The smallest absolute Gasteiger partial charge is 0.237 e. The van der Waals surface area contributed by atoms with Gasteiger partial charge in [-0.3, -0.25) is 4.79 Å². The first-order valence-electron chi connectivity index (χ1n) is 4.12. The van der Waals surface area contributed by atoms with Crippen molar-refractivity contribution in [2.24, 2.45) is 11.7 Å². The lowest BCUT2D eigenvalue weighted by Crippen LogP contribution is -2.44. The van der Waals surface area contributed by atoms with E-state index in [9.17, 15) is 4.79 Å². The summed E-state index contributed by atoms with van der Waals surface area (Å²) >= 11 is 0. The minimum absolute atomic E-state index is 0.104. The molecule has 3 nitrogen and oxygen atoms in total. The lowest BCUT2D eigenvalue weighted by molar-refractivity contribution is -0.123. The normalized spacial score (nSPS) is 12.8. The van der Waals surface area contributed by atoms with E-state index in [0.29, 0.717) is 6.54 Å². The van der Waals surface area contributed by atoms with Crippen molar-refractivity contribution in [3.63, 3.8) is 0 Å². The Morgan fingerprint density at radius 3 is 2.42 bits per heavy atom. The van der Waals surface area contributed by atoms with E-state index in [4.69, 9.17) is 5.73 Å². The van der Waals surface area contributed by atoms with Gasteiger partial charge in [0.2, 0.25) is 5.91 Å². The summed E-state index contributed by atoms with van der Waals surface area (Å²) in [6.45, 7) is 9.89. The third-order valence-corrected chi connectivity index (χ3v) is 1.59. The number of rotatable bonds is 4. The second kappa shape index (κ2) is 4.93. The number of nitrogens with one attached hydrogen (secondary N) is 1. The summed E-state index contributed by atoms with van der Waals surface area (Å²) in [5.74, 6) is 0.0723. The molecule has 0 aliphatic carbocycles. The van der Waals surface area contributed by atoms with Gasteiger partial charge in [-0.2, -0.15) is 0 Å². The van der Waals surface area contributed by atoms with Crippen LogP contribution in [0.25, 0.3) is 0 Å². The van der Waals surface area contributed by atoms with Crippen LogP contribution >= 0.6 is 0 Å². The number of hydrogen-bond acceptors (Lipinski definition) is 2. The van der Waals surface area contributed by atoms with Gasteiger partial charge < -0.3 is 11.1 Å². The topological polar surface area (TPSA) is 55.1 Å². The molecule has 0 aromatic heterocycles. The van der Waals surface area contributed by atoms with Crippen molar-refractivity contribution in [1.82, 2.24) is 5.32 Å². The van der Waals surface area contributed by atoms with Crippen molar-refractivity contribution in [2.75, 3.05) is 6.54 Å². The maximum Gasteiger partial charge on any atom is 0.237 e. The van der Waals surface area contributed by atoms with E-state index in [2.05, 4.69) is 11.9 Å². The van der Waals surface area contributed by atoms with Crippen molar-refractivity contribution in [2.45, 2.75) is 26.8 Å². The molecule has 0 heterocycles. The van der Waals surface area contributed by atoms with Crippen molar-refractivity contribution in [3.05, 3.63) is 12.2 Å². The second-order valence-corrected chi connectivity index (χ2v) is 3.44. The largest absolute Gasteiger partial charge is 0.351 e. The number of carbonyl (C=O) groups excluding carboxylic acids is 1. The molecule has 0 rings (SSSR count). The highest BCUT2D eigenvalue weighted by atomic mass is 16.2. The van der Waals surface area contributed by atoms with Crippen molar-refractivity contribution >= 4 is 5.91 Å². The Balaban J connectivity index is 3.80. The molecule has 3 heteroatoms. The van der Waals surface area contributed by atoms with E-state index < -0.39 is 6.04 Å². The van der Waals surface area contributed by atoms with E-state index in [1.165, 1.54) is 0 Å². The predicted octanol–water partition coefficient (Wildman–Crippen LogP) is 0.662. The fourth-order valence-electron chi connectivity index (χ4n) is 0.659. The average Bonchev–Trinajstić information content (AvgIpc) is 1.98. The number of amides is 1. The fourth-order valence-corrected chi connectivity index (χ4v) is 0.659. The molecule has 0 fully saturated rings. The molecule has 0 aromatic carbocycles. The lowest BCUT2D eigenvalue weighted by atomic mass is 10.1. The van der Waals surface area contributed by atoms with Crippen LogP contribution in [0, 0.1) is 5.92 Å². The molecule has 0 saturated heterocycles. The monoisotopic (exact) mass is 170 g/mol. The molecule has 0 bridgehead atoms. The summed E-state index contributed by atoms with van der Waals surface area (Å²) in [5, 5.41) is 2.70. The van der Waals surface area contributed by atoms with Crippen LogP contribution in [0.2, 0.25) is 0 Å². The predicted molar refractivity (Wildman–Crippen MR) is 50.6 cm³/mol. The maximum atomic E-state index is 11.2. The number of hydrogen-bond donors (Lipinski definition) is 2. The summed E-state index contributed by atoms with van der Waals surface area (Å²) < 4.78 is 0. The molecule has 70 valence electrons. The van der Waals surface area contributed by atoms with E-state index in [1.54, 1.807) is 0 Å². The molecule has 0 saturated carbocycles. The van der Waals surface area contributed by atoms with Crippen LogP contribution in [0.4, 0.5) is 0 Å². The number of nitrogens with two attached hydrogens (primary N) is 1. The highest BCUT2D eigenvalue weighted by molar-refractivity contribution is 5.81. The van der Waals surface area contributed by atoms with Crippen LogP contribution in [0.15, 0.2) is 12.2 Å². The summed E-state index contributed by atoms with van der Waals surface area (Å²) in [6, 6.07) is -0.413. The molecule has 0 aliphatic heterocycles. The van der Waals surface area contributed by atoms with E-state index in [-0.39, 0.29) is 11.8 Å². The molecular weight excluding hydrogens is 152 g/mol. The Labute approximate surface area is 74.0 Å². The SMILES string of the molecule is C=C(C)CNC(=O)C(N)C(C)C. The van der Waals surface area contributed by atoms with Gasteiger partial charge in [-0.05, 0) is 12.8 Å².